The van der Waals surface area contributed by atoms with Crippen LogP contribution >= 0.6 is 11.6 Å². The molecule has 6 heteroatoms. The minimum absolute atomic E-state index is 0.0510. The van der Waals surface area contributed by atoms with Crippen LogP contribution in [0.4, 0.5) is 10.5 Å². The maximum Gasteiger partial charge on any atom is 0.404 e. The molecule has 0 aliphatic rings. The van der Waals surface area contributed by atoms with Gasteiger partial charge < -0.3 is 4.74 Å². The quantitative estimate of drug-likeness (QED) is 0.454. The summed E-state index contributed by atoms with van der Waals surface area (Å²) in [5.41, 5.74) is -0.461. The zero-order valence-corrected chi connectivity index (χ0v) is 8.60. The number of hydrogen-bond acceptors (Lipinski definition) is 4. The molecule has 1 aromatic carbocycles. The summed E-state index contributed by atoms with van der Waals surface area (Å²) in [6, 6.07) is 5.84. The highest BCUT2D eigenvalue weighted by Crippen LogP contribution is 2.22. The summed E-state index contributed by atoms with van der Waals surface area (Å²) >= 11 is 5.03. The van der Waals surface area contributed by atoms with Crippen LogP contribution in [0.3, 0.4) is 0 Å². The molecule has 0 spiro atoms. The van der Waals surface area contributed by atoms with E-state index in [0.717, 1.165) is 0 Å². The van der Waals surface area contributed by atoms with Crippen molar-refractivity contribution in [2.75, 3.05) is 0 Å². The summed E-state index contributed by atoms with van der Waals surface area (Å²) in [6.45, 7) is 1.58. The molecule has 0 aliphatic carbocycles. The van der Waals surface area contributed by atoms with Crippen LogP contribution in [0.25, 0.3) is 0 Å². The molecule has 0 aromatic heterocycles. The van der Waals surface area contributed by atoms with Gasteiger partial charge in [-0.1, -0.05) is 12.1 Å². The van der Waals surface area contributed by atoms with Gasteiger partial charge in [0.1, 0.15) is 6.10 Å². The fourth-order valence-electron chi connectivity index (χ4n) is 1.10. The van der Waals surface area contributed by atoms with Crippen LogP contribution in [-0.4, -0.2) is 10.4 Å². The topological polar surface area (TPSA) is 69.4 Å². The van der Waals surface area contributed by atoms with E-state index in [4.69, 9.17) is 11.6 Å². The summed E-state index contributed by atoms with van der Waals surface area (Å²) in [7, 11) is 0. The minimum atomic E-state index is -0.936. The summed E-state index contributed by atoms with van der Waals surface area (Å²) in [5.74, 6) is 0. The number of nitrogens with zero attached hydrogens (tertiary/aromatic N) is 1. The molecule has 0 saturated heterocycles. The molecule has 0 aliphatic heterocycles. The Kier molecular flexibility index (Phi) is 3.62. The van der Waals surface area contributed by atoms with Gasteiger partial charge in [-0.2, -0.15) is 0 Å². The molecule has 1 unspecified atom stereocenters. The van der Waals surface area contributed by atoms with Crippen LogP contribution in [0.2, 0.25) is 0 Å². The molecular formula is C9H8ClNO4. The predicted molar refractivity (Wildman–Crippen MR) is 53.8 cm³/mol. The Bertz CT molecular complexity index is 393. The van der Waals surface area contributed by atoms with Crippen LogP contribution in [-0.2, 0) is 4.74 Å². The second-order valence-corrected chi connectivity index (χ2v) is 3.16. The first-order valence-electron chi connectivity index (χ1n) is 4.11. The number of halogens is 1. The van der Waals surface area contributed by atoms with Crippen molar-refractivity contribution in [1.29, 1.82) is 0 Å². The van der Waals surface area contributed by atoms with Gasteiger partial charge in [0.15, 0.2) is 0 Å². The Balaban J connectivity index is 2.89. The standard InChI is InChI=1S/C9H8ClNO4/c1-6(15-9(10)12)7-3-2-4-8(5-7)11(13)14/h2-6H,1H3. The molecule has 0 saturated carbocycles. The van der Waals surface area contributed by atoms with E-state index in [1.807, 2.05) is 0 Å². The SMILES string of the molecule is CC(OC(=O)Cl)c1cccc([N+](=O)[O-])c1. The zero-order valence-electron chi connectivity index (χ0n) is 7.84. The van der Waals surface area contributed by atoms with Crippen molar-refractivity contribution in [1.82, 2.24) is 0 Å². The first kappa shape index (κ1) is 11.5. The van der Waals surface area contributed by atoms with Crippen LogP contribution < -0.4 is 0 Å². The molecule has 0 bridgehead atoms. The largest absolute Gasteiger partial charge is 0.446 e. The lowest BCUT2D eigenvalue weighted by Crippen LogP contribution is -2.02. The van der Waals surface area contributed by atoms with Gasteiger partial charge in [-0.05, 0) is 12.5 Å². The molecule has 0 radical (unpaired) electrons. The van der Waals surface area contributed by atoms with E-state index in [2.05, 4.69) is 4.74 Å². The molecule has 0 heterocycles. The lowest BCUT2D eigenvalue weighted by molar-refractivity contribution is -0.385. The number of nitro groups is 1. The normalized spacial score (nSPS) is 11.9. The van der Waals surface area contributed by atoms with Crippen LogP contribution in [0, 0.1) is 10.1 Å². The number of non-ortho nitro benzene ring substituents is 1. The second-order valence-electron chi connectivity index (χ2n) is 2.85. The Morgan fingerprint density at radius 1 is 1.60 bits per heavy atom. The molecule has 1 rings (SSSR count). The Labute approximate surface area is 90.8 Å². The number of ether oxygens (including phenoxy) is 1. The number of hydrogen-bond donors (Lipinski definition) is 0. The summed E-state index contributed by atoms with van der Waals surface area (Å²) < 4.78 is 4.67. The van der Waals surface area contributed by atoms with Gasteiger partial charge in [-0.3, -0.25) is 10.1 Å². The van der Waals surface area contributed by atoms with Crippen LogP contribution in [0.5, 0.6) is 0 Å². The molecule has 1 atom stereocenters. The Hall–Kier alpha value is -1.62. The van der Waals surface area contributed by atoms with Crippen molar-refractivity contribution in [3.05, 3.63) is 39.9 Å². The average Bonchev–Trinajstić information content (AvgIpc) is 2.17. The number of rotatable bonds is 3. The van der Waals surface area contributed by atoms with E-state index >= 15 is 0 Å². The van der Waals surface area contributed by atoms with Gasteiger partial charge in [-0.15, -0.1) is 0 Å². The Morgan fingerprint density at radius 3 is 2.80 bits per heavy atom. The zero-order chi connectivity index (χ0) is 11.4. The molecule has 80 valence electrons. The Morgan fingerprint density at radius 2 is 2.27 bits per heavy atom. The molecular weight excluding hydrogens is 222 g/mol. The summed E-state index contributed by atoms with van der Waals surface area (Å²) in [4.78, 5) is 20.4. The summed E-state index contributed by atoms with van der Waals surface area (Å²) in [5, 5.41) is 10.5. The number of nitro benzene ring substituents is 1. The van der Waals surface area contributed by atoms with Gasteiger partial charge in [-0.25, -0.2) is 4.79 Å². The number of carbonyl (C=O) groups excluding carboxylic acids is 1. The fraction of sp³-hybridized carbons (Fsp3) is 0.222. The van der Waals surface area contributed by atoms with Crippen LogP contribution in [0.15, 0.2) is 24.3 Å². The van der Waals surface area contributed by atoms with Crippen molar-refractivity contribution in [2.45, 2.75) is 13.0 Å². The average molecular weight is 230 g/mol. The van der Waals surface area contributed by atoms with Gasteiger partial charge in [0.05, 0.1) is 4.92 Å². The highest BCUT2D eigenvalue weighted by atomic mass is 35.5. The van der Waals surface area contributed by atoms with Crippen molar-refractivity contribution in [2.24, 2.45) is 0 Å². The minimum Gasteiger partial charge on any atom is -0.446 e. The molecule has 0 fully saturated rings. The van der Waals surface area contributed by atoms with Crippen molar-refractivity contribution in [3.8, 4) is 0 Å². The van der Waals surface area contributed by atoms with Gasteiger partial charge in [0.2, 0.25) is 0 Å². The maximum atomic E-state index is 10.5. The smallest absolute Gasteiger partial charge is 0.404 e. The highest BCUT2D eigenvalue weighted by Gasteiger charge is 2.13. The molecule has 0 N–H and O–H groups in total. The molecule has 5 nitrogen and oxygen atoms in total. The van der Waals surface area contributed by atoms with E-state index in [9.17, 15) is 14.9 Å². The summed E-state index contributed by atoms with van der Waals surface area (Å²) in [6.07, 6.45) is -0.602. The predicted octanol–water partition coefficient (Wildman–Crippen LogP) is 3.03. The van der Waals surface area contributed by atoms with Gasteiger partial charge in [0, 0.05) is 23.7 Å². The molecule has 15 heavy (non-hydrogen) atoms. The van der Waals surface area contributed by atoms with E-state index in [-0.39, 0.29) is 5.69 Å². The monoisotopic (exact) mass is 229 g/mol. The van der Waals surface area contributed by atoms with E-state index < -0.39 is 16.5 Å². The number of carbonyl (C=O) groups is 1. The van der Waals surface area contributed by atoms with Crippen molar-refractivity contribution < 1.29 is 14.5 Å². The van der Waals surface area contributed by atoms with E-state index in [0.29, 0.717) is 5.56 Å². The maximum absolute atomic E-state index is 10.5. The van der Waals surface area contributed by atoms with Gasteiger partial charge in [0.25, 0.3) is 5.69 Å². The number of benzene rings is 1. The highest BCUT2D eigenvalue weighted by molar-refractivity contribution is 6.61. The molecule has 1 aromatic rings. The lowest BCUT2D eigenvalue weighted by atomic mass is 10.1. The third kappa shape index (κ3) is 3.21. The van der Waals surface area contributed by atoms with Crippen LogP contribution in [0.1, 0.15) is 18.6 Å². The van der Waals surface area contributed by atoms with E-state index in [1.54, 1.807) is 13.0 Å². The van der Waals surface area contributed by atoms with Gasteiger partial charge >= 0.3 is 5.43 Å². The third-order valence-electron chi connectivity index (χ3n) is 1.82. The van der Waals surface area contributed by atoms with Crippen molar-refractivity contribution in [3.63, 3.8) is 0 Å². The lowest BCUT2D eigenvalue weighted by Gasteiger charge is -2.10. The second kappa shape index (κ2) is 4.75. The molecule has 0 amide bonds. The van der Waals surface area contributed by atoms with E-state index in [1.165, 1.54) is 18.2 Å². The first-order chi connectivity index (χ1) is 7.00. The third-order valence-corrected chi connectivity index (χ3v) is 1.91. The van der Waals surface area contributed by atoms with Crippen molar-refractivity contribution >= 4 is 22.7 Å². The fourth-order valence-corrected chi connectivity index (χ4v) is 1.23. The first-order valence-corrected chi connectivity index (χ1v) is 4.49.